The number of benzene rings is 3. The largest absolute Gasteiger partial charge is 0.326 e. The minimum Gasteiger partial charge on any atom is -0.326 e. The number of nitrogens with zero attached hydrogens (tertiary/aromatic N) is 2. The summed E-state index contributed by atoms with van der Waals surface area (Å²) in [7, 11) is -3.86. The predicted molar refractivity (Wildman–Crippen MR) is 122 cm³/mol. The summed E-state index contributed by atoms with van der Waals surface area (Å²) in [6, 6.07) is 16.7. The van der Waals surface area contributed by atoms with E-state index >= 15 is 0 Å². The van der Waals surface area contributed by atoms with Gasteiger partial charge in [0, 0.05) is 6.54 Å². The third-order valence-electron chi connectivity index (χ3n) is 5.23. The maximum atomic E-state index is 13.0. The van der Waals surface area contributed by atoms with Crippen molar-refractivity contribution in [1.82, 2.24) is 9.55 Å². The van der Waals surface area contributed by atoms with E-state index in [-0.39, 0.29) is 9.92 Å². The zero-order valence-electron chi connectivity index (χ0n) is 17.0. The number of hydrogen-bond acceptors (Lipinski definition) is 3. The Bertz CT molecular complexity index is 1360. The summed E-state index contributed by atoms with van der Waals surface area (Å²) in [5, 5.41) is 0.177. The number of aromatic nitrogens is 2. The quantitative estimate of drug-likeness (QED) is 0.448. The highest BCUT2D eigenvalue weighted by Crippen LogP contribution is 2.32. The molecule has 0 unspecified atom stereocenters. The van der Waals surface area contributed by atoms with Crippen LogP contribution in [0.1, 0.15) is 22.3 Å². The molecule has 0 bridgehead atoms. The molecular weight excluding hydrogens is 418 g/mol. The lowest BCUT2D eigenvalue weighted by Gasteiger charge is -2.15. The van der Waals surface area contributed by atoms with Gasteiger partial charge in [-0.15, -0.1) is 0 Å². The van der Waals surface area contributed by atoms with E-state index in [1.807, 2.05) is 30.5 Å². The fraction of sp³-hybridized carbons (Fsp3) is 0.174. The molecule has 0 spiro atoms. The predicted octanol–water partition coefficient (Wildman–Crippen LogP) is 5.46. The summed E-state index contributed by atoms with van der Waals surface area (Å²) in [4.78, 5) is 4.58. The highest BCUT2D eigenvalue weighted by atomic mass is 35.5. The van der Waals surface area contributed by atoms with E-state index in [1.165, 1.54) is 11.6 Å². The zero-order chi connectivity index (χ0) is 21.5. The molecule has 1 heterocycles. The van der Waals surface area contributed by atoms with E-state index < -0.39 is 10.0 Å². The van der Waals surface area contributed by atoms with Crippen molar-refractivity contribution in [3.63, 3.8) is 0 Å². The average molecular weight is 440 g/mol. The first-order valence-electron chi connectivity index (χ1n) is 9.54. The van der Waals surface area contributed by atoms with Crippen molar-refractivity contribution >= 4 is 38.3 Å². The summed E-state index contributed by atoms with van der Waals surface area (Å²) >= 11 is 6.13. The van der Waals surface area contributed by atoms with Gasteiger partial charge in [-0.2, -0.15) is 0 Å². The molecule has 3 aromatic carbocycles. The topological polar surface area (TPSA) is 64.0 Å². The Morgan fingerprint density at radius 2 is 1.80 bits per heavy atom. The van der Waals surface area contributed by atoms with Gasteiger partial charge in [-0.05, 0) is 55.7 Å². The van der Waals surface area contributed by atoms with Crippen LogP contribution in [0.5, 0.6) is 0 Å². The number of nitrogens with one attached hydrogen (secondary N) is 1. The van der Waals surface area contributed by atoms with Crippen LogP contribution >= 0.6 is 11.6 Å². The van der Waals surface area contributed by atoms with Crippen LogP contribution in [0.4, 0.5) is 5.69 Å². The Balaban J connectivity index is 1.80. The molecule has 30 heavy (non-hydrogen) atoms. The normalized spacial score (nSPS) is 11.7. The first-order chi connectivity index (χ1) is 14.3. The fourth-order valence-electron chi connectivity index (χ4n) is 3.53. The molecule has 5 nitrogen and oxygen atoms in total. The summed E-state index contributed by atoms with van der Waals surface area (Å²) in [6.07, 6.45) is 1.75. The summed E-state index contributed by atoms with van der Waals surface area (Å²) in [6.45, 7) is 6.56. The Labute approximate surface area is 181 Å². The Morgan fingerprint density at radius 3 is 2.53 bits per heavy atom. The van der Waals surface area contributed by atoms with Crippen molar-refractivity contribution in [2.24, 2.45) is 0 Å². The van der Waals surface area contributed by atoms with Crippen molar-refractivity contribution in [3.8, 4) is 0 Å². The fourth-order valence-corrected chi connectivity index (χ4v) is 5.19. The van der Waals surface area contributed by atoms with E-state index in [1.54, 1.807) is 24.5 Å². The first kappa shape index (κ1) is 20.4. The number of sulfonamides is 1. The van der Waals surface area contributed by atoms with E-state index in [0.717, 1.165) is 22.2 Å². The van der Waals surface area contributed by atoms with Gasteiger partial charge in [-0.3, -0.25) is 4.72 Å². The molecule has 0 amide bonds. The van der Waals surface area contributed by atoms with Gasteiger partial charge in [0.05, 0.1) is 22.6 Å². The molecule has 1 N–H and O–H groups in total. The molecule has 0 fully saturated rings. The Kier molecular flexibility index (Phi) is 5.30. The smallest absolute Gasteiger partial charge is 0.263 e. The molecule has 4 aromatic rings. The van der Waals surface area contributed by atoms with Crippen LogP contribution in [0, 0.1) is 20.8 Å². The minimum atomic E-state index is -3.86. The van der Waals surface area contributed by atoms with E-state index in [2.05, 4.69) is 34.8 Å². The lowest BCUT2D eigenvalue weighted by molar-refractivity contribution is 0.601. The van der Waals surface area contributed by atoms with E-state index in [9.17, 15) is 8.42 Å². The van der Waals surface area contributed by atoms with Crippen LogP contribution < -0.4 is 4.72 Å². The number of rotatable bonds is 5. The monoisotopic (exact) mass is 439 g/mol. The van der Waals surface area contributed by atoms with E-state index in [0.29, 0.717) is 17.7 Å². The molecule has 0 aliphatic rings. The second-order valence-electron chi connectivity index (χ2n) is 7.46. The standard InChI is InChI=1S/C23H22ClN3O2S/c1-15-7-6-8-18(11-15)13-27-14-25-23-20(27)12-16(2)17(3)22(23)26-30(28,29)21-10-5-4-9-19(21)24/h4-12,14,26H,13H2,1-3H3. The van der Waals surface area contributed by atoms with Crippen molar-refractivity contribution in [2.75, 3.05) is 4.72 Å². The third kappa shape index (κ3) is 3.80. The second-order valence-corrected chi connectivity index (χ2v) is 9.52. The molecule has 0 saturated heterocycles. The molecule has 0 aliphatic heterocycles. The molecular formula is C23H22ClN3O2S. The summed E-state index contributed by atoms with van der Waals surface area (Å²) < 4.78 is 30.8. The van der Waals surface area contributed by atoms with Gasteiger partial charge in [0.15, 0.2) is 0 Å². The molecule has 0 atom stereocenters. The van der Waals surface area contributed by atoms with Gasteiger partial charge in [0.1, 0.15) is 10.4 Å². The van der Waals surface area contributed by atoms with Crippen molar-refractivity contribution < 1.29 is 8.42 Å². The highest BCUT2D eigenvalue weighted by Gasteiger charge is 2.22. The molecule has 0 aliphatic carbocycles. The number of hydrogen-bond donors (Lipinski definition) is 1. The van der Waals surface area contributed by atoms with Gasteiger partial charge in [0.2, 0.25) is 0 Å². The lowest BCUT2D eigenvalue weighted by Crippen LogP contribution is -2.15. The van der Waals surface area contributed by atoms with Crippen molar-refractivity contribution in [1.29, 1.82) is 0 Å². The molecule has 7 heteroatoms. The van der Waals surface area contributed by atoms with Gasteiger partial charge in [-0.25, -0.2) is 13.4 Å². The summed E-state index contributed by atoms with van der Waals surface area (Å²) in [5.74, 6) is 0. The van der Waals surface area contributed by atoms with E-state index in [4.69, 9.17) is 11.6 Å². The van der Waals surface area contributed by atoms with Crippen molar-refractivity contribution in [3.05, 3.63) is 88.2 Å². The van der Waals surface area contributed by atoms with Crippen molar-refractivity contribution in [2.45, 2.75) is 32.2 Å². The second kappa shape index (κ2) is 7.78. The zero-order valence-corrected chi connectivity index (χ0v) is 18.6. The molecule has 1 aromatic heterocycles. The van der Waals surface area contributed by atoms with Crippen LogP contribution in [0.15, 0.2) is 65.8 Å². The molecule has 154 valence electrons. The maximum Gasteiger partial charge on any atom is 0.263 e. The lowest BCUT2D eigenvalue weighted by atomic mass is 10.1. The maximum absolute atomic E-state index is 13.0. The number of anilines is 1. The number of imidazole rings is 1. The van der Waals surface area contributed by atoms with Crippen LogP contribution in [-0.4, -0.2) is 18.0 Å². The van der Waals surface area contributed by atoms with Gasteiger partial charge >= 0.3 is 0 Å². The summed E-state index contributed by atoms with van der Waals surface area (Å²) in [5.41, 5.74) is 6.12. The van der Waals surface area contributed by atoms with Gasteiger partial charge < -0.3 is 4.57 Å². The van der Waals surface area contributed by atoms with Crippen LogP contribution in [0.25, 0.3) is 11.0 Å². The Hall–Kier alpha value is -2.83. The van der Waals surface area contributed by atoms with Gasteiger partial charge in [0.25, 0.3) is 10.0 Å². The molecule has 0 saturated carbocycles. The van der Waals surface area contributed by atoms with Crippen LogP contribution in [0.3, 0.4) is 0 Å². The number of fused-ring (bicyclic) bond motifs is 1. The first-order valence-corrected chi connectivity index (χ1v) is 11.4. The third-order valence-corrected chi connectivity index (χ3v) is 7.08. The molecule has 4 rings (SSSR count). The average Bonchev–Trinajstić information content (AvgIpc) is 3.08. The van der Waals surface area contributed by atoms with Crippen LogP contribution in [0.2, 0.25) is 5.02 Å². The minimum absolute atomic E-state index is 0.0416. The highest BCUT2D eigenvalue weighted by molar-refractivity contribution is 7.92. The SMILES string of the molecule is Cc1cccc(Cn2cnc3c(NS(=O)(=O)c4ccccc4Cl)c(C)c(C)cc32)c1. The Morgan fingerprint density at radius 1 is 1.03 bits per heavy atom. The number of halogens is 1. The van der Waals surface area contributed by atoms with Gasteiger partial charge in [-0.1, -0.05) is 53.6 Å². The van der Waals surface area contributed by atoms with Crippen LogP contribution in [-0.2, 0) is 16.6 Å². The molecule has 0 radical (unpaired) electrons. The number of aryl methyl sites for hydroxylation is 2.